The lowest BCUT2D eigenvalue weighted by Gasteiger charge is -2.19. The van der Waals surface area contributed by atoms with Gasteiger partial charge in [-0.05, 0) is 35.8 Å². The van der Waals surface area contributed by atoms with Crippen molar-refractivity contribution in [3.63, 3.8) is 0 Å². The molecule has 1 aliphatic heterocycles. The third-order valence-electron chi connectivity index (χ3n) is 5.35. The Bertz CT molecular complexity index is 882. The van der Waals surface area contributed by atoms with Gasteiger partial charge in [-0.1, -0.05) is 105 Å². The average Bonchev–Trinajstić information content (AvgIpc) is 3.06. The largest absolute Gasteiger partial charge is 0.481 e. The maximum absolute atomic E-state index is 12.8. The molecule has 0 saturated carbocycles. The van der Waals surface area contributed by atoms with Crippen LogP contribution in [-0.4, -0.2) is 34.3 Å². The van der Waals surface area contributed by atoms with Crippen LogP contribution in [0.2, 0.25) is 0 Å². The molecule has 2 amide bonds. The van der Waals surface area contributed by atoms with E-state index in [1.54, 1.807) is 24.3 Å². The third-order valence-corrected chi connectivity index (χ3v) is 5.35. The summed E-state index contributed by atoms with van der Waals surface area (Å²) < 4.78 is 0. The van der Waals surface area contributed by atoms with Crippen LogP contribution in [0.1, 0.15) is 68.2 Å². The van der Waals surface area contributed by atoms with Crippen LogP contribution in [-0.2, 0) is 14.4 Å². The fourth-order valence-electron chi connectivity index (χ4n) is 3.53. The van der Waals surface area contributed by atoms with E-state index in [-0.39, 0.29) is 30.2 Å². The van der Waals surface area contributed by atoms with Gasteiger partial charge in [0.2, 0.25) is 0 Å². The van der Waals surface area contributed by atoms with Crippen LogP contribution < -0.4 is 0 Å². The number of amides is 2. The summed E-state index contributed by atoms with van der Waals surface area (Å²) >= 11 is 0. The van der Waals surface area contributed by atoms with Crippen LogP contribution in [0.4, 0.5) is 0 Å². The van der Waals surface area contributed by atoms with E-state index in [2.05, 4.69) is 20.4 Å². The molecule has 0 bridgehead atoms. The monoisotopic (exact) mass is 469 g/mol. The van der Waals surface area contributed by atoms with Crippen molar-refractivity contribution in [2.75, 3.05) is 6.54 Å². The molecule has 1 atom stereocenters. The SMILES string of the molecule is C=C/C=C(/C=C/C(=C\[C@H](C(=O)O)C(C)C)CN1C(=O)C2=C(CCC=C2)C1=O)C(C)C.CC.CC. The lowest BCUT2D eigenvalue weighted by Crippen LogP contribution is -2.33. The molecule has 5 heteroatoms. The molecule has 0 fully saturated rings. The van der Waals surface area contributed by atoms with E-state index in [1.807, 2.05) is 59.8 Å². The second kappa shape index (κ2) is 15.8. The van der Waals surface area contributed by atoms with E-state index in [0.29, 0.717) is 23.1 Å². The van der Waals surface area contributed by atoms with Crippen molar-refractivity contribution >= 4 is 17.8 Å². The van der Waals surface area contributed by atoms with Gasteiger partial charge in [0.25, 0.3) is 11.8 Å². The fourth-order valence-corrected chi connectivity index (χ4v) is 3.53. The van der Waals surface area contributed by atoms with Crippen LogP contribution in [0.3, 0.4) is 0 Å². The number of hydrogen-bond donors (Lipinski definition) is 1. The summed E-state index contributed by atoms with van der Waals surface area (Å²) in [5.74, 6) is -2.12. The molecule has 1 N–H and O–H groups in total. The van der Waals surface area contributed by atoms with Gasteiger partial charge in [0.05, 0.1) is 12.5 Å². The number of allylic oxidation sites excluding steroid dienone is 5. The Morgan fingerprint density at radius 2 is 1.71 bits per heavy atom. The van der Waals surface area contributed by atoms with E-state index in [9.17, 15) is 19.5 Å². The zero-order valence-corrected chi connectivity index (χ0v) is 22.2. The molecule has 0 saturated heterocycles. The molecule has 0 aromatic carbocycles. The van der Waals surface area contributed by atoms with Crippen molar-refractivity contribution in [2.45, 2.75) is 68.2 Å². The van der Waals surface area contributed by atoms with Gasteiger partial charge in [-0.3, -0.25) is 19.3 Å². The van der Waals surface area contributed by atoms with Gasteiger partial charge in [-0.25, -0.2) is 0 Å². The fraction of sp³-hybridized carbons (Fsp3) is 0.483. The van der Waals surface area contributed by atoms with E-state index in [4.69, 9.17) is 0 Å². The zero-order chi connectivity index (χ0) is 26.4. The molecule has 0 spiro atoms. The van der Waals surface area contributed by atoms with Gasteiger partial charge in [0, 0.05) is 11.1 Å². The van der Waals surface area contributed by atoms with Crippen molar-refractivity contribution in [3.05, 3.63) is 71.4 Å². The quantitative estimate of drug-likeness (QED) is 0.302. The predicted octanol–water partition coefficient (Wildman–Crippen LogP) is 6.66. The van der Waals surface area contributed by atoms with Gasteiger partial charge in [-0.2, -0.15) is 0 Å². The van der Waals surface area contributed by atoms with Crippen LogP contribution in [0.25, 0.3) is 0 Å². The highest BCUT2D eigenvalue weighted by Gasteiger charge is 2.37. The molecule has 188 valence electrons. The Labute approximate surface area is 206 Å². The second-order valence-corrected chi connectivity index (χ2v) is 8.27. The highest BCUT2D eigenvalue weighted by molar-refractivity contribution is 6.21. The number of carbonyl (C=O) groups excluding carboxylic acids is 2. The molecular weight excluding hydrogens is 426 g/mol. The molecule has 0 aromatic rings. The highest BCUT2D eigenvalue weighted by atomic mass is 16.4. The van der Waals surface area contributed by atoms with E-state index in [0.717, 1.165) is 12.0 Å². The lowest BCUT2D eigenvalue weighted by atomic mass is 9.92. The first-order valence-electron chi connectivity index (χ1n) is 12.4. The predicted molar refractivity (Wildman–Crippen MR) is 141 cm³/mol. The molecule has 34 heavy (non-hydrogen) atoms. The van der Waals surface area contributed by atoms with Crippen molar-refractivity contribution in [1.29, 1.82) is 0 Å². The Morgan fingerprint density at radius 3 is 2.18 bits per heavy atom. The van der Waals surface area contributed by atoms with E-state index in [1.165, 1.54) is 4.90 Å². The number of aliphatic carboxylic acids is 1. The minimum atomic E-state index is -0.930. The normalized spacial score (nSPS) is 16.9. The first kappa shape index (κ1) is 31.0. The molecule has 1 heterocycles. The van der Waals surface area contributed by atoms with Gasteiger partial charge < -0.3 is 5.11 Å². The minimum Gasteiger partial charge on any atom is -0.481 e. The number of rotatable bonds is 9. The van der Waals surface area contributed by atoms with Crippen LogP contribution >= 0.6 is 0 Å². The van der Waals surface area contributed by atoms with Gasteiger partial charge in [0.1, 0.15) is 0 Å². The third kappa shape index (κ3) is 8.44. The standard InChI is InChI=1S/C25H31NO4.2C2H6/c1-6-9-19(16(2)3)13-12-18(14-22(17(4)5)25(29)30)15-26-23(27)20-10-7-8-11-21(20)24(26)28;2*1-2/h6-7,9-10,12-14,16-17,22H,1,8,11,15H2,2-5H3,(H,29,30);2*1-2H3/b13-12+,18-14+,19-9-;;/t22-;;/m0../s1. The number of carboxylic acids is 1. The van der Waals surface area contributed by atoms with Crippen LogP contribution in [0, 0.1) is 17.8 Å². The summed E-state index contributed by atoms with van der Waals surface area (Å²) in [7, 11) is 0. The topological polar surface area (TPSA) is 74.7 Å². The van der Waals surface area contributed by atoms with Crippen molar-refractivity contribution < 1.29 is 19.5 Å². The molecule has 2 aliphatic rings. The summed E-state index contributed by atoms with van der Waals surface area (Å²) in [6.07, 6.45) is 13.9. The summed E-state index contributed by atoms with van der Waals surface area (Å²) in [5, 5.41) is 9.62. The molecule has 5 nitrogen and oxygen atoms in total. The number of carboxylic acid groups (broad SMARTS) is 1. The van der Waals surface area contributed by atoms with Gasteiger partial charge in [0.15, 0.2) is 0 Å². The Kier molecular flexibility index (Phi) is 14.4. The Morgan fingerprint density at radius 1 is 1.09 bits per heavy atom. The molecule has 1 aliphatic carbocycles. The average molecular weight is 470 g/mol. The van der Waals surface area contributed by atoms with Crippen molar-refractivity contribution in [1.82, 2.24) is 4.90 Å². The number of imide groups is 1. The van der Waals surface area contributed by atoms with Crippen LogP contribution in [0.15, 0.2) is 71.4 Å². The van der Waals surface area contributed by atoms with E-state index < -0.39 is 11.9 Å². The van der Waals surface area contributed by atoms with Crippen LogP contribution in [0.5, 0.6) is 0 Å². The van der Waals surface area contributed by atoms with Crippen molar-refractivity contribution in [3.8, 4) is 0 Å². The molecule has 2 rings (SSSR count). The maximum Gasteiger partial charge on any atom is 0.310 e. The van der Waals surface area contributed by atoms with Gasteiger partial charge >= 0.3 is 5.97 Å². The zero-order valence-electron chi connectivity index (χ0n) is 22.2. The summed E-state index contributed by atoms with van der Waals surface area (Å²) in [5.41, 5.74) is 2.66. The van der Waals surface area contributed by atoms with Gasteiger partial charge in [-0.15, -0.1) is 0 Å². The summed E-state index contributed by atoms with van der Waals surface area (Å²) in [6.45, 7) is 19.6. The number of carbonyl (C=O) groups is 3. The Hall–Kier alpha value is -2.95. The highest BCUT2D eigenvalue weighted by Crippen LogP contribution is 2.30. The summed E-state index contributed by atoms with van der Waals surface area (Å²) in [4.78, 5) is 38.6. The van der Waals surface area contributed by atoms with E-state index >= 15 is 0 Å². The Balaban J connectivity index is 0.00000258. The maximum atomic E-state index is 12.8. The smallest absolute Gasteiger partial charge is 0.310 e. The molecule has 0 unspecified atom stereocenters. The van der Waals surface area contributed by atoms with Crippen molar-refractivity contribution in [2.24, 2.45) is 17.8 Å². The molecule has 0 aromatic heterocycles. The minimum absolute atomic E-state index is 0.0466. The lowest BCUT2D eigenvalue weighted by molar-refractivity contribution is -0.141. The number of hydrogen-bond acceptors (Lipinski definition) is 3. The molecular formula is C29H43NO4. The number of nitrogens with zero attached hydrogens (tertiary/aromatic N) is 1. The second-order valence-electron chi connectivity index (χ2n) is 8.27. The first-order valence-corrected chi connectivity index (χ1v) is 12.4. The molecule has 0 radical (unpaired) electrons. The first-order chi connectivity index (χ1) is 16.2. The summed E-state index contributed by atoms with van der Waals surface area (Å²) in [6, 6.07) is 0.